The molecule has 1 aromatic heterocycles. The highest BCUT2D eigenvalue weighted by molar-refractivity contribution is 6.03. The van der Waals surface area contributed by atoms with Gasteiger partial charge in [0.15, 0.2) is 0 Å². The first kappa shape index (κ1) is 12.8. The third kappa shape index (κ3) is 3.38. The molecule has 5 heteroatoms. The van der Waals surface area contributed by atoms with Crippen LogP contribution < -0.4 is 5.32 Å². The molecule has 0 atom stereocenters. The number of hydrogen-bond donors (Lipinski definition) is 2. The Balaban J connectivity index is 2.19. The summed E-state index contributed by atoms with van der Waals surface area (Å²) in [7, 11) is 0. The number of aliphatic carboxylic acids is 1. The number of benzene rings is 1. The van der Waals surface area contributed by atoms with E-state index in [4.69, 9.17) is 5.11 Å². The number of carbonyl (C=O) groups excluding carboxylic acids is 1. The Morgan fingerprint density at radius 2 is 1.84 bits per heavy atom. The van der Waals surface area contributed by atoms with Gasteiger partial charge in [-0.05, 0) is 23.8 Å². The molecule has 0 saturated carbocycles. The lowest BCUT2D eigenvalue weighted by Gasteiger charge is -2.09. The molecule has 5 nitrogen and oxygen atoms in total. The van der Waals surface area contributed by atoms with Gasteiger partial charge in [0, 0.05) is 11.9 Å². The van der Waals surface area contributed by atoms with Gasteiger partial charge in [-0.1, -0.05) is 24.3 Å². The van der Waals surface area contributed by atoms with Crippen molar-refractivity contribution in [2.45, 2.75) is 6.42 Å². The van der Waals surface area contributed by atoms with Crippen LogP contribution in [0.2, 0.25) is 0 Å². The van der Waals surface area contributed by atoms with Crippen LogP contribution in [0.15, 0.2) is 48.7 Å². The number of carbonyl (C=O) groups is 2. The molecule has 0 radical (unpaired) electrons. The normalized spacial score (nSPS) is 9.89. The molecule has 0 saturated heterocycles. The molecule has 19 heavy (non-hydrogen) atoms. The number of hydrogen-bond acceptors (Lipinski definition) is 3. The van der Waals surface area contributed by atoms with Gasteiger partial charge in [0.05, 0.1) is 6.42 Å². The van der Waals surface area contributed by atoms with Gasteiger partial charge in [-0.3, -0.25) is 14.6 Å². The van der Waals surface area contributed by atoms with Crippen molar-refractivity contribution in [2.75, 3.05) is 5.32 Å². The average molecular weight is 256 g/mol. The quantitative estimate of drug-likeness (QED) is 0.876. The number of para-hydroxylation sites is 1. The molecule has 0 aliphatic rings. The summed E-state index contributed by atoms with van der Waals surface area (Å²) < 4.78 is 0. The number of carboxylic acids is 1. The fourth-order valence-electron chi connectivity index (χ4n) is 1.64. The van der Waals surface area contributed by atoms with Crippen molar-refractivity contribution in [2.24, 2.45) is 0 Å². The number of nitrogens with one attached hydrogen (secondary N) is 1. The number of pyridine rings is 1. The molecule has 0 fully saturated rings. The second-order valence-corrected chi connectivity index (χ2v) is 3.90. The summed E-state index contributed by atoms with van der Waals surface area (Å²) in [4.78, 5) is 26.6. The zero-order chi connectivity index (χ0) is 13.7. The molecule has 1 heterocycles. The Hall–Kier alpha value is -2.69. The molecule has 2 rings (SSSR count). The standard InChI is InChI=1S/C14H12N2O3/c17-13(18)9-10-5-1-2-6-11(10)16-14(19)12-7-3-4-8-15-12/h1-8H,9H2,(H,16,19)(H,17,18). The van der Waals surface area contributed by atoms with Crippen molar-refractivity contribution < 1.29 is 14.7 Å². The molecule has 2 N–H and O–H groups in total. The first-order chi connectivity index (χ1) is 9.16. The van der Waals surface area contributed by atoms with Gasteiger partial charge in [0.1, 0.15) is 5.69 Å². The topological polar surface area (TPSA) is 79.3 Å². The van der Waals surface area contributed by atoms with Crippen molar-refractivity contribution >= 4 is 17.6 Å². The van der Waals surface area contributed by atoms with E-state index >= 15 is 0 Å². The Bertz CT molecular complexity index is 597. The van der Waals surface area contributed by atoms with Crippen molar-refractivity contribution in [3.63, 3.8) is 0 Å². The van der Waals surface area contributed by atoms with E-state index in [2.05, 4.69) is 10.3 Å². The maximum absolute atomic E-state index is 11.9. The lowest BCUT2D eigenvalue weighted by atomic mass is 10.1. The predicted octanol–water partition coefficient (Wildman–Crippen LogP) is 1.96. The van der Waals surface area contributed by atoms with Crippen LogP contribution in [0.3, 0.4) is 0 Å². The van der Waals surface area contributed by atoms with Crippen LogP contribution in [0, 0.1) is 0 Å². The largest absolute Gasteiger partial charge is 0.481 e. The van der Waals surface area contributed by atoms with Crippen molar-refractivity contribution in [1.29, 1.82) is 0 Å². The summed E-state index contributed by atoms with van der Waals surface area (Å²) in [5.74, 6) is -1.31. The van der Waals surface area contributed by atoms with Crippen LogP contribution in [-0.4, -0.2) is 22.0 Å². The van der Waals surface area contributed by atoms with E-state index in [-0.39, 0.29) is 18.0 Å². The van der Waals surface area contributed by atoms with Crippen LogP contribution in [0.25, 0.3) is 0 Å². The zero-order valence-corrected chi connectivity index (χ0v) is 10.0. The molecule has 0 unspecified atom stereocenters. The second kappa shape index (κ2) is 5.77. The van der Waals surface area contributed by atoms with Gasteiger partial charge in [-0.15, -0.1) is 0 Å². The molecule has 0 spiro atoms. The van der Waals surface area contributed by atoms with E-state index in [1.807, 2.05) is 0 Å². The third-order valence-electron chi connectivity index (χ3n) is 2.50. The van der Waals surface area contributed by atoms with Gasteiger partial charge >= 0.3 is 5.97 Å². The van der Waals surface area contributed by atoms with Gasteiger partial charge in [0.2, 0.25) is 0 Å². The van der Waals surface area contributed by atoms with E-state index in [0.29, 0.717) is 11.3 Å². The highest BCUT2D eigenvalue weighted by atomic mass is 16.4. The maximum atomic E-state index is 11.9. The lowest BCUT2D eigenvalue weighted by molar-refractivity contribution is -0.136. The molecule has 96 valence electrons. The molecule has 2 aromatic rings. The van der Waals surface area contributed by atoms with Crippen LogP contribution >= 0.6 is 0 Å². The number of nitrogens with zero attached hydrogens (tertiary/aromatic N) is 1. The summed E-state index contributed by atoms with van der Waals surface area (Å²) in [5.41, 5.74) is 1.33. The highest BCUT2D eigenvalue weighted by Gasteiger charge is 2.11. The van der Waals surface area contributed by atoms with Crippen LogP contribution in [0.1, 0.15) is 16.1 Å². The number of aromatic nitrogens is 1. The molecule has 1 aromatic carbocycles. The molecular formula is C14H12N2O3. The smallest absolute Gasteiger partial charge is 0.307 e. The number of carboxylic acid groups (broad SMARTS) is 1. The van der Waals surface area contributed by atoms with Gasteiger partial charge in [0.25, 0.3) is 5.91 Å². The molecular weight excluding hydrogens is 244 g/mol. The van der Waals surface area contributed by atoms with E-state index < -0.39 is 5.97 Å². The Morgan fingerprint density at radius 3 is 2.53 bits per heavy atom. The Kier molecular flexibility index (Phi) is 3.87. The van der Waals surface area contributed by atoms with E-state index in [0.717, 1.165) is 0 Å². The van der Waals surface area contributed by atoms with Crippen molar-refractivity contribution in [3.8, 4) is 0 Å². The second-order valence-electron chi connectivity index (χ2n) is 3.90. The minimum atomic E-state index is -0.945. The summed E-state index contributed by atoms with van der Waals surface area (Å²) in [6, 6.07) is 11.8. The third-order valence-corrected chi connectivity index (χ3v) is 2.50. The van der Waals surface area contributed by atoms with Crippen LogP contribution in [0.4, 0.5) is 5.69 Å². The zero-order valence-electron chi connectivity index (χ0n) is 10.0. The fourth-order valence-corrected chi connectivity index (χ4v) is 1.64. The monoisotopic (exact) mass is 256 g/mol. The number of amides is 1. The van der Waals surface area contributed by atoms with Crippen LogP contribution in [-0.2, 0) is 11.2 Å². The van der Waals surface area contributed by atoms with Crippen molar-refractivity contribution in [1.82, 2.24) is 4.98 Å². The molecule has 0 bridgehead atoms. The first-order valence-corrected chi connectivity index (χ1v) is 5.69. The number of rotatable bonds is 4. The lowest BCUT2D eigenvalue weighted by Crippen LogP contribution is -2.15. The minimum absolute atomic E-state index is 0.140. The SMILES string of the molecule is O=C(O)Cc1ccccc1NC(=O)c1ccccn1. The Morgan fingerprint density at radius 1 is 1.11 bits per heavy atom. The molecule has 0 aliphatic carbocycles. The van der Waals surface area contributed by atoms with E-state index in [9.17, 15) is 9.59 Å². The molecule has 1 amide bonds. The molecule has 0 aliphatic heterocycles. The van der Waals surface area contributed by atoms with Gasteiger partial charge in [-0.2, -0.15) is 0 Å². The summed E-state index contributed by atoms with van der Waals surface area (Å²) in [5, 5.41) is 11.5. The van der Waals surface area contributed by atoms with Crippen LogP contribution in [0.5, 0.6) is 0 Å². The van der Waals surface area contributed by atoms with E-state index in [1.165, 1.54) is 6.20 Å². The van der Waals surface area contributed by atoms with E-state index in [1.54, 1.807) is 42.5 Å². The predicted molar refractivity (Wildman–Crippen MR) is 70.0 cm³/mol. The van der Waals surface area contributed by atoms with Gasteiger partial charge in [-0.25, -0.2) is 0 Å². The first-order valence-electron chi connectivity index (χ1n) is 5.69. The highest BCUT2D eigenvalue weighted by Crippen LogP contribution is 2.16. The number of anilines is 1. The minimum Gasteiger partial charge on any atom is -0.481 e. The van der Waals surface area contributed by atoms with Gasteiger partial charge < -0.3 is 10.4 Å². The summed E-state index contributed by atoms with van der Waals surface area (Å²) >= 11 is 0. The average Bonchev–Trinajstić information content (AvgIpc) is 2.41. The fraction of sp³-hybridized carbons (Fsp3) is 0.0714. The summed E-state index contributed by atoms with van der Waals surface area (Å²) in [6.45, 7) is 0. The summed E-state index contributed by atoms with van der Waals surface area (Å²) in [6.07, 6.45) is 1.39. The Labute approximate surface area is 109 Å². The maximum Gasteiger partial charge on any atom is 0.307 e. The van der Waals surface area contributed by atoms with Crippen molar-refractivity contribution in [3.05, 3.63) is 59.9 Å².